The molecular formula is C33H39F4N3O5. The molecule has 0 unspecified atom stereocenters. The van der Waals surface area contributed by atoms with Crippen molar-refractivity contribution in [3.8, 4) is 11.5 Å². The first-order valence-electron chi connectivity index (χ1n) is 15.3. The minimum absolute atomic E-state index is 0.0657. The zero-order valence-corrected chi connectivity index (χ0v) is 25.4. The average Bonchev–Trinajstić information content (AvgIpc) is 3.03. The smallest absolute Gasteiger partial charge is 0.303 e. The Hall–Kier alpha value is -3.48. The van der Waals surface area contributed by atoms with Gasteiger partial charge in [0.1, 0.15) is 24.3 Å². The Morgan fingerprint density at radius 3 is 2.42 bits per heavy atom. The molecule has 3 heterocycles. The number of piperidine rings is 1. The molecule has 12 heteroatoms. The van der Waals surface area contributed by atoms with Gasteiger partial charge in [-0.2, -0.15) is 0 Å². The molecule has 0 amide bonds. The highest BCUT2D eigenvalue weighted by molar-refractivity contribution is 5.85. The van der Waals surface area contributed by atoms with Gasteiger partial charge >= 0.3 is 5.97 Å². The van der Waals surface area contributed by atoms with Crippen molar-refractivity contribution in [2.75, 3.05) is 59.7 Å². The van der Waals surface area contributed by atoms with Gasteiger partial charge in [0.25, 0.3) is 0 Å². The number of aromatic nitrogens is 1. The normalized spacial score (nSPS) is 18.2. The van der Waals surface area contributed by atoms with Gasteiger partial charge in [0.05, 0.1) is 32.3 Å². The van der Waals surface area contributed by atoms with Crippen molar-refractivity contribution in [3.05, 3.63) is 65.1 Å². The third-order valence-electron chi connectivity index (χ3n) is 9.01. The number of carboxylic acid groups (broad SMARTS) is 1. The van der Waals surface area contributed by atoms with Crippen molar-refractivity contribution in [2.24, 2.45) is 5.41 Å². The van der Waals surface area contributed by atoms with Gasteiger partial charge < -0.3 is 19.3 Å². The highest BCUT2D eigenvalue weighted by Crippen LogP contribution is 2.43. The fourth-order valence-electron chi connectivity index (χ4n) is 6.43. The molecule has 0 bridgehead atoms. The second-order valence-corrected chi connectivity index (χ2v) is 11.9. The van der Waals surface area contributed by atoms with Crippen LogP contribution in [0, 0.1) is 22.9 Å². The largest absolute Gasteiger partial charge is 0.497 e. The number of morpholine rings is 1. The van der Waals surface area contributed by atoms with E-state index in [-0.39, 0.29) is 25.2 Å². The lowest BCUT2D eigenvalue weighted by Crippen LogP contribution is -2.42. The van der Waals surface area contributed by atoms with E-state index < -0.39 is 35.0 Å². The molecule has 2 saturated heterocycles. The van der Waals surface area contributed by atoms with Gasteiger partial charge in [-0.3, -0.25) is 19.6 Å². The highest BCUT2D eigenvalue weighted by Gasteiger charge is 2.37. The van der Waals surface area contributed by atoms with Crippen LogP contribution in [0.3, 0.4) is 0 Å². The van der Waals surface area contributed by atoms with Crippen molar-refractivity contribution in [1.29, 1.82) is 0 Å². The first kappa shape index (κ1) is 32.9. The number of carboxylic acids is 1. The van der Waals surface area contributed by atoms with Gasteiger partial charge in [0.15, 0.2) is 17.5 Å². The van der Waals surface area contributed by atoms with Crippen LogP contribution in [0.1, 0.15) is 49.4 Å². The second-order valence-electron chi connectivity index (χ2n) is 11.9. The third-order valence-corrected chi connectivity index (χ3v) is 9.01. The summed E-state index contributed by atoms with van der Waals surface area (Å²) in [5.41, 5.74) is 1.45. The Balaban J connectivity index is 1.26. The number of nitrogens with zero attached hydrogens (tertiary/aromatic N) is 3. The molecule has 8 nitrogen and oxygen atoms in total. The standard InChI is InChI=1S/C33H39F4N3O5/c1-43-23-2-3-29-25(16-23)31(22(20-38-29)21-40-10-13-44-14-11-40)26(34)4-5-33(19-30(41)42)6-8-39(9-7-33)12-15-45-24-17-27(35)32(37)28(36)18-24/h2-3,16-18,20,26H,4-15,19,21H2,1H3,(H,41,42)/t26-/m0/s1. The van der Waals surface area contributed by atoms with Crippen LogP contribution in [-0.4, -0.2) is 85.5 Å². The lowest BCUT2D eigenvalue weighted by atomic mass is 9.71. The predicted octanol–water partition coefficient (Wildman–Crippen LogP) is 5.92. The number of likely N-dealkylation sites (tertiary alicyclic amines) is 1. The first-order chi connectivity index (χ1) is 21.7. The molecule has 3 aromatic rings. The number of fused-ring (bicyclic) bond motifs is 1. The van der Waals surface area contributed by atoms with Crippen LogP contribution in [0.15, 0.2) is 36.5 Å². The van der Waals surface area contributed by atoms with Crippen molar-refractivity contribution in [3.63, 3.8) is 0 Å². The SMILES string of the molecule is COc1ccc2ncc(CN3CCOCC3)c([C@@H](F)CCC3(CC(=O)O)CCN(CCOc4cc(F)c(F)c(F)c4)CC3)c2c1. The number of pyridine rings is 1. The number of hydrogen-bond acceptors (Lipinski definition) is 7. The van der Waals surface area contributed by atoms with E-state index in [2.05, 4.69) is 14.8 Å². The van der Waals surface area contributed by atoms with Gasteiger partial charge in [0.2, 0.25) is 0 Å². The number of alkyl halides is 1. The Bertz CT molecular complexity index is 1460. The van der Waals surface area contributed by atoms with E-state index in [9.17, 15) is 23.1 Å². The number of ether oxygens (including phenoxy) is 3. The number of benzene rings is 2. The molecule has 45 heavy (non-hydrogen) atoms. The van der Waals surface area contributed by atoms with E-state index in [0.717, 1.165) is 30.8 Å². The topological polar surface area (TPSA) is 84.4 Å². The summed E-state index contributed by atoms with van der Waals surface area (Å²) in [7, 11) is 1.56. The third kappa shape index (κ3) is 8.22. The summed E-state index contributed by atoms with van der Waals surface area (Å²) in [5.74, 6) is -4.61. The van der Waals surface area contributed by atoms with Gasteiger partial charge in [-0.05, 0) is 68.0 Å². The summed E-state index contributed by atoms with van der Waals surface area (Å²) in [6, 6.07) is 7.03. The summed E-state index contributed by atoms with van der Waals surface area (Å²) in [4.78, 5) is 20.8. The molecule has 0 radical (unpaired) electrons. The van der Waals surface area contributed by atoms with Gasteiger partial charge in [0, 0.05) is 55.5 Å². The fraction of sp³-hybridized carbons (Fsp3) is 0.515. The molecule has 0 aliphatic carbocycles. The number of methoxy groups -OCH3 is 1. The lowest BCUT2D eigenvalue weighted by molar-refractivity contribution is -0.141. The molecule has 2 aliphatic heterocycles. The molecule has 2 aromatic carbocycles. The number of aliphatic carboxylic acids is 1. The van der Waals surface area contributed by atoms with E-state index in [0.29, 0.717) is 80.9 Å². The van der Waals surface area contributed by atoms with Crippen molar-refractivity contribution < 1.29 is 41.7 Å². The maximum Gasteiger partial charge on any atom is 0.303 e. The summed E-state index contributed by atoms with van der Waals surface area (Å²) < 4.78 is 73.1. The number of carbonyl (C=O) groups is 1. The maximum absolute atomic E-state index is 16.5. The zero-order chi connectivity index (χ0) is 32.0. The first-order valence-corrected chi connectivity index (χ1v) is 15.3. The van der Waals surface area contributed by atoms with Crippen LogP contribution in [0.2, 0.25) is 0 Å². The van der Waals surface area contributed by atoms with Crippen LogP contribution in [0.4, 0.5) is 17.6 Å². The van der Waals surface area contributed by atoms with Crippen molar-refractivity contribution in [2.45, 2.75) is 44.8 Å². The van der Waals surface area contributed by atoms with Crippen LogP contribution in [-0.2, 0) is 16.1 Å². The Morgan fingerprint density at radius 1 is 1.04 bits per heavy atom. The number of halogens is 4. The number of rotatable bonds is 13. The molecule has 0 saturated carbocycles. The molecule has 244 valence electrons. The monoisotopic (exact) mass is 633 g/mol. The van der Waals surface area contributed by atoms with Crippen molar-refractivity contribution in [1.82, 2.24) is 14.8 Å². The summed E-state index contributed by atoms with van der Waals surface area (Å²) in [5, 5.41) is 10.5. The summed E-state index contributed by atoms with van der Waals surface area (Å²) >= 11 is 0. The van der Waals surface area contributed by atoms with Gasteiger partial charge in [-0.25, -0.2) is 17.6 Å². The Kier molecular flexibility index (Phi) is 10.8. The molecule has 2 fully saturated rings. The molecule has 5 rings (SSSR count). The summed E-state index contributed by atoms with van der Waals surface area (Å²) in [6.07, 6.45) is 1.99. The highest BCUT2D eigenvalue weighted by atomic mass is 19.2. The van der Waals surface area contributed by atoms with E-state index in [1.165, 1.54) is 0 Å². The van der Waals surface area contributed by atoms with Crippen LogP contribution in [0.5, 0.6) is 11.5 Å². The van der Waals surface area contributed by atoms with Gasteiger partial charge in [-0.1, -0.05) is 0 Å². The molecular weight excluding hydrogens is 594 g/mol. The predicted molar refractivity (Wildman–Crippen MR) is 160 cm³/mol. The molecule has 2 aliphatic rings. The number of hydrogen-bond donors (Lipinski definition) is 1. The van der Waals surface area contributed by atoms with E-state index in [1.54, 1.807) is 19.4 Å². The van der Waals surface area contributed by atoms with Crippen LogP contribution < -0.4 is 9.47 Å². The Morgan fingerprint density at radius 2 is 1.76 bits per heavy atom. The average molecular weight is 634 g/mol. The maximum atomic E-state index is 16.5. The summed E-state index contributed by atoms with van der Waals surface area (Å²) in [6.45, 7) is 4.95. The van der Waals surface area contributed by atoms with Crippen LogP contribution >= 0.6 is 0 Å². The molecule has 0 spiro atoms. The van der Waals surface area contributed by atoms with Gasteiger partial charge in [-0.15, -0.1) is 0 Å². The van der Waals surface area contributed by atoms with Crippen LogP contribution in [0.25, 0.3) is 10.9 Å². The second kappa shape index (κ2) is 14.7. The molecule has 1 atom stereocenters. The Labute approximate surface area is 259 Å². The van der Waals surface area contributed by atoms with E-state index in [4.69, 9.17) is 14.2 Å². The molecule has 1 aromatic heterocycles. The quantitative estimate of drug-likeness (QED) is 0.184. The van der Waals surface area contributed by atoms with Crippen molar-refractivity contribution >= 4 is 16.9 Å². The zero-order valence-electron chi connectivity index (χ0n) is 25.4. The van der Waals surface area contributed by atoms with E-state index in [1.807, 2.05) is 12.1 Å². The fourth-order valence-corrected chi connectivity index (χ4v) is 6.43. The lowest BCUT2D eigenvalue weighted by Gasteiger charge is -2.41. The minimum atomic E-state index is -1.55. The molecule has 1 N–H and O–H groups in total. The minimum Gasteiger partial charge on any atom is -0.497 e. The van der Waals surface area contributed by atoms with E-state index >= 15 is 4.39 Å².